The van der Waals surface area contributed by atoms with Crippen LogP contribution in [0, 0.1) is 0 Å². The highest BCUT2D eigenvalue weighted by atomic mass is 32.2. The van der Waals surface area contributed by atoms with Crippen LogP contribution in [0.25, 0.3) is 0 Å². The molecule has 4 nitrogen and oxygen atoms in total. The molecule has 0 radical (unpaired) electrons. The van der Waals surface area contributed by atoms with Crippen LogP contribution in [-0.4, -0.2) is 17.1 Å². The number of nitrogens with two attached hydrogens (primary N) is 1. The second-order valence-corrected chi connectivity index (χ2v) is 4.49. The maximum atomic E-state index is 5.72. The highest BCUT2D eigenvalue weighted by molar-refractivity contribution is 7.99. The number of hydrogen-bond acceptors (Lipinski definition) is 5. The SMILES string of the molecule is COCc1nc(N)cc(Sc2ccccc2)n1. The van der Waals surface area contributed by atoms with Crippen LogP contribution < -0.4 is 5.73 Å². The van der Waals surface area contributed by atoms with Crippen molar-refractivity contribution in [3.05, 3.63) is 42.2 Å². The van der Waals surface area contributed by atoms with Gasteiger partial charge in [0, 0.05) is 18.1 Å². The minimum absolute atomic E-state index is 0.368. The van der Waals surface area contributed by atoms with Gasteiger partial charge in [-0.3, -0.25) is 0 Å². The number of hydrogen-bond donors (Lipinski definition) is 1. The quantitative estimate of drug-likeness (QED) is 0.840. The lowest BCUT2D eigenvalue weighted by Gasteiger charge is -2.04. The van der Waals surface area contributed by atoms with Gasteiger partial charge in [-0.25, -0.2) is 9.97 Å². The zero-order chi connectivity index (χ0) is 12.1. The minimum Gasteiger partial charge on any atom is -0.384 e. The van der Waals surface area contributed by atoms with Gasteiger partial charge >= 0.3 is 0 Å². The molecule has 88 valence electrons. The maximum absolute atomic E-state index is 5.72. The van der Waals surface area contributed by atoms with Crippen LogP contribution in [0.4, 0.5) is 5.82 Å². The Bertz CT molecular complexity index is 490. The van der Waals surface area contributed by atoms with Crippen molar-refractivity contribution in [3.63, 3.8) is 0 Å². The van der Waals surface area contributed by atoms with Crippen LogP contribution in [0.15, 0.2) is 46.3 Å². The highest BCUT2D eigenvalue weighted by Gasteiger charge is 2.04. The maximum Gasteiger partial charge on any atom is 0.157 e. The van der Waals surface area contributed by atoms with Crippen LogP contribution in [0.2, 0.25) is 0 Å². The molecule has 0 saturated carbocycles. The van der Waals surface area contributed by atoms with E-state index in [0.717, 1.165) is 9.92 Å². The second kappa shape index (κ2) is 5.65. The van der Waals surface area contributed by atoms with Crippen LogP contribution in [-0.2, 0) is 11.3 Å². The van der Waals surface area contributed by atoms with E-state index in [1.165, 1.54) is 0 Å². The van der Waals surface area contributed by atoms with Crippen molar-refractivity contribution in [2.75, 3.05) is 12.8 Å². The summed E-state index contributed by atoms with van der Waals surface area (Å²) in [5.41, 5.74) is 5.72. The van der Waals surface area contributed by atoms with Crippen LogP contribution >= 0.6 is 11.8 Å². The first kappa shape index (κ1) is 11.9. The lowest BCUT2D eigenvalue weighted by atomic mass is 10.4. The van der Waals surface area contributed by atoms with Gasteiger partial charge in [0.05, 0.1) is 0 Å². The average molecular weight is 247 g/mol. The lowest BCUT2D eigenvalue weighted by Crippen LogP contribution is -2.01. The number of anilines is 1. The van der Waals surface area contributed by atoms with Crippen molar-refractivity contribution in [1.82, 2.24) is 9.97 Å². The molecule has 0 unspecified atom stereocenters. The van der Waals surface area contributed by atoms with Crippen molar-refractivity contribution in [1.29, 1.82) is 0 Å². The van der Waals surface area contributed by atoms with Gasteiger partial charge in [-0.2, -0.15) is 0 Å². The zero-order valence-corrected chi connectivity index (χ0v) is 10.3. The number of aromatic nitrogens is 2. The molecule has 0 fully saturated rings. The fourth-order valence-electron chi connectivity index (χ4n) is 1.35. The molecule has 0 aliphatic carbocycles. The third kappa shape index (κ3) is 3.44. The number of ether oxygens (including phenoxy) is 1. The summed E-state index contributed by atoms with van der Waals surface area (Å²) in [4.78, 5) is 9.58. The number of nitrogens with zero attached hydrogens (tertiary/aromatic N) is 2. The van der Waals surface area contributed by atoms with Gasteiger partial charge in [0.2, 0.25) is 0 Å². The molecule has 0 saturated heterocycles. The molecule has 1 aromatic heterocycles. The molecule has 17 heavy (non-hydrogen) atoms. The number of rotatable bonds is 4. The molecule has 2 N–H and O–H groups in total. The lowest BCUT2D eigenvalue weighted by molar-refractivity contribution is 0.177. The average Bonchev–Trinajstić information content (AvgIpc) is 2.30. The van der Waals surface area contributed by atoms with E-state index in [9.17, 15) is 0 Å². The summed E-state index contributed by atoms with van der Waals surface area (Å²) in [6.45, 7) is 0.368. The number of nitrogen functional groups attached to an aromatic ring is 1. The van der Waals surface area contributed by atoms with E-state index in [-0.39, 0.29) is 0 Å². The topological polar surface area (TPSA) is 61.0 Å². The summed E-state index contributed by atoms with van der Waals surface area (Å²) in [5, 5.41) is 0.829. The van der Waals surface area contributed by atoms with Crippen molar-refractivity contribution in [2.45, 2.75) is 16.5 Å². The molecular formula is C12H13N3OS. The predicted molar refractivity (Wildman–Crippen MR) is 67.7 cm³/mol. The van der Waals surface area contributed by atoms with E-state index >= 15 is 0 Å². The number of benzene rings is 1. The third-order valence-electron chi connectivity index (χ3n) is 2.01. The Labute approximate surface area is 104 Å². The molecule has 0 atom stereocenters. The molecule has 5 heteroatoms. The van der Waals surface area contributed by atoms with E-state index in [0.29, 0.717) is 18.2 Å². The molecule has 0 aliphatic rings. The summed E-state index contributed by atoms with van der Waals surface area (Å²) in [6.07, 6.45) is 0. The molecule has 2 rings (SSSR count). The van der Waals surface area contributed by atoms with Gasteiger partial charge in [0.15, 0.2) is 5.82 Å². The van der Waals surface area contributed by atoms with Crippen molar-refractivity contribution in [3.8, 4) is 0 Å². The first-order valence-electron chi connectivity index (χ1n) is 5.13. The second-order valence-electron chi connectivity index (χ2n) is 3.40. The standard InChI is InChI=1S/C12H13N3OS/c1-16-8-11-14-10(13)7-12(15-11)17-9-5-3-2-4-6-9/h2-7H,8H2,1H3,(H2,13,14,15). The molecule has 0 bridgehead atoms. The molecule has 0 amide bonds. The highest BCUT2D eigenvalue weighted by Crippen LogP contribution is 2.26. The van der Waals surface area contributed by atoms with Crippen LogP contribution in [0.5, 0.6) is 0 Å². The Hall–Kier alpha value is -1.59. The Kier molecular flexibility index (Phi) is 3.95. The Morgan fingerprint density at radius 1 is 1.24 bits per heavy atom. The third-order valence-corrected chi connectivity index (χ3v) is 2.93. The Morgan fingerprint density at radius 2 is 2.00 bits per heavy atom. The summed E-state index contributed by atoms with van der Waals surface area (Å²) in [7, 11) is 1.61. The molecule has 0 spiro atoms. The van der Waals surface area contributed by atoms with Gasteiger partial charge in [-0.1, -0.05) is 30.0 Å². The Morgan fingerprint density at radius 3 is 2.71 bits per heavy atom. The fourth-order valence-corrected chi connectivity index (χ4v) is 2.21. The van der Waals surface area contributed by atoms with Crippen molar-refractivity contribution in [2.24, 2.45) is 0 Å². The monoisotopic (exact) mass is 247 g/mol. The molecule has 0 aliphatic heterocycles. The fraction of sp³-hybridized carbons (Fsp3) is 0.167. The summed E-state index contributed by atoms with van der Waals surface area (Å²) >= 11 is 1.56. The minimum atomic E-state index is 0.368. The summed E-state index contributed by atoms with van der Waals surface area (Å²) in [6, 6.07) is 11.8. The molecule has 1 heterocycles. The molecule has 2 aromatic rings. The normalized spacial score (nSPS) is 10.4. The van der Waals surface area contributed by atoms with E-state index in [1.807, 2.05) is 30.3 Å². The van der Waals surface area contributed by atoms with Crippen molar-refractivity contribution < 1.29 is 4.74 Å². The van der Waals surface area contributed by atoms with Crippen LogP contribution in [0.1, 0.15) is 5.82 Å². The van der Waals surface area contributed by atoms with Gasteiger partial charge in [-0.15, -0.1) is 0 Å². The van der Waals surface area contributed by atoms with Gasteiger partial charge in [0.25, 0.3) is 0 Å². The van der Waals surface area contributed by atoms with Crippen molar-refractivity contribution >= 4 is 17.6 Å². The first-order valence-corrected chi connectivity index (χ1v) is 5.95. The largest absolute Gasteiger partial charge is 0.384 e. The molecular weight excluding hydrogens is 234 g/mol. The van der Waals surface area contributed by atoms with Gasteiger partial charge < -0.3 is 10.5 Å². The predicted octanol–water partition coefficient (Wildman–Crippen LogP) is 2.36. The van der Waals surface area contributed by atoms with E-state index in [4.69, 9.17) is 10.5 Å². The van der Waals surface area contributed by atoms with E-state index in [1.54, 1.807) is 24.9 Å². The molecule has 1 aromatic carbocycles. The van der Waals surface area contributed by atoms with E-state index < -0.39 is 0 Å². The number of methoxy groups -OCH3 is 1. The van der Waals surface area contributed by atoms with Gasteiger partial charge in [0.1, 0.15) is 17.5 Å². The van der Waals surface area contributed by atoms with Gasteiger partial charge in [-0.05, 0) is 12.1 Å². The van der Waals surface area contributed by atoms with Crippen LogP contribution in [0.3, 0.4) is 0 Å². The first-order chi connectivity index (χ1) is 8.28. The van der Waals surface area contributed by atoms with E-state index in [2.05, 4.69) is 9.97 Å². The summed E-state index contributed by atoms with van der Waals surface area (Å²) < 4.78 is 5.00. The summed E-state index contributed by atoms with van der Waals surface area (Å²) in [5.74, 6) is 1.07. The zero-order valence-electron chi connectivity index (χ0n) is 9.46. The smallest absolute Gasteiger partial charge is 0.157 e. The Balaban J connectivity index is 2.21.